The molecular weight excluding hydrogens is 304 g/mol. The minimum Gasteiger partial charge on any atom is -0.349 e. The summed E-state index contributed by atoms with van der Waals surface area (Å²) in [5, 5.41) is 3.15. The highest BCUT2D eigenvalue weighted by atomic mass is 79.9. The number of pyridine rings is 1. The molecule has 1 heterocycles. The van der Waals surface area contributed by atoms with E-state index in [9.17, 15) is 4.79 Å². The molecule has 0 saturated heterocycles. The largest absolute Gasteiger partial charge is 0.349 e. The summed E-state index contributed by atoms with van der Waals surface area (Å²) in [5.41, 5.74) is 0.927. The van der Waals surface area contributed by atoms with E-state index in [0.29, 0.717) is 16.9 Å². The van der Waals surface area contributed by atoms with Crippen LogP contribution in [0.3, 0.4) is 0 Å². The van der Waals surface area contributed by atoms with Crippen LogP contribution in [-0.2, 0) is 0 Å². The monoisotopic (exact) mass is 324 g/mol. The third-order valence-corrected chi connectivity index (χ3v) is 4.12. The van der Waals surface area contributed by atoms with Crippen molar-refractivity contribution in [3.63, 3.8) is 0 Å². The van der Waals surface area contributed by atoms with E-state index < -0.39 is 0 Å². The van der Waals surface area contributed by atoms with Gasteiger partial charge >= 0.3 is 0 Å². The van der Waals surface area contributed by atoms with Gasteiger partial charge in [-0.05, 0) is 52.6 Å². The molecule has 0 unspecified atom stereocenters. The zero-order chi connectivity index (χ0) is 14.0. The molecule has 0 bridgehead atoms. The molecule has 0 spiro atoms. The highest BCUT2D eigenvalue weighted by Gasteiger charge is 2.32. The van der Waals surface area contributed by atoms with Crippen LogP contribution in [0.2, 0.25) is 0 Å². The summed E-state index contributed by atoms with van der Waals surface area (Å²) in [7, 11) is 0. The maximum atomic E-state index is 12.2. The molecule has 1 aromatic rings. The summed E-state index contributed by atoms with van der Waals surface area (Å²) in [6, 6.07) is 2.07. The quantitative estimate of drug-likeness (QED) is 0.899. The smallest absolute Gasteiger partial charge is 0.253 e. The summed E-state index contributed by atoms with van der Waals surface area (Å²) in [6.45, 7) is 6.83. The number of amides is 1. The minimum absolute atomic E-state index is 0.0244. The summed E-state index contributed by atoms with van der Waals surface area (Å²) in [5.74, 6) is 0.637. The van der Waals surface area contributed by atoms with Crippen LogP contribution in [-0.4, -0.2) is 16.9 Å². The van der Waals surface area contributed by atoms with Gasteiger partial charge in [0.25, 0.3) is 5.91 Å². The Labute approximate surface area is 123 Å². The highest BCUT2D eigenvalue weighted by molar-refractivity contribution is 9.10. The molecule has 3 nitrogen and oxygen atoms in total. The average Bonchev–Trinajstić information content (AvgIpc) is 2.25. The normalized spacial score (nSPS) is 25.9. The number of carbonyl (C=O) groups excluding carboxylic acids is 1. The second-order valence-corrected chi connectivity index (χ2v) is 7.39. The summed E-state index contributed by atoms with van der Waals surface area (Å²) in [4.78, 5) is 16.2. The Morgan fingerprint density at radius 2 is 2.16 bits per heavy atom. The van der Waals surface area contributed by atoms with Crippen molar-refractivity contribution in [3.05, 3.63) is 28.5 Å². The first-order chi connectivity index (χ1) is 8.85. The van der Waals surface area contributed by atoms with E-state index in [1.807, 2.05) is 0 Å². The average molecular weight is 325 g/mol. The summed E-state index contributed by atoms with van der Waals surface area (Å²) < 4.78 is 0.831. The first-order valence-corrected chi connectivity index (χ1v) is 7.56. The van der Waals surface area contributed by atoms with Gasteiger partial charge in [-0.2, -0.15) is 0 Å². The molecular formula is C15H21BrN2O. The molecule has 2 atom stereocenters. The number of hydrogen-bond acceptors (Lipinski definition) is 2. The van der Waals surface area contributed by atoms with Crippen LogP contribution >= 0.6 is 15.9 Å². The number of nitrogens with zero attached hydrogens (tertiary/aromatic N) is 1. The predicted octanol–water partition coefficient (Wildman–Crippen LogP) is 3.79. The van der Waals surface area contributed by atoms with Gasteiger partial charge in [0.2, 0.25) is 0 Å². The topological polar surface area (TPSA) is 42.0 Å². The van der Waals surface area contributed by atoms with Crippen LogP contribution in [0.15, 0.2) is 22.9 Å². The first kappa shape index (κ1) is 14.5. The lowest BCUT2D eigenvalue weighted by atomic mass is 9.70. The molecule has 1 amide bonds. The molecule has 0 aliphatic heterocycles. The molecule has 0 radical (unpaired) electrons. The van der Waals surface area contributed by atoms with Gasteiger partial charge in [-0.15, -0.1) is 0 Å². The molecule has 0 aromatic carbocycles. The Hall–Kier alpha value is -0.900. The van der Waals surface area contributed by atoms with Crippen LogP contribution in [0.5, 0.6) is 0 Å². The maximum Gasteiger partial charge on any atom is 0.253 e. The number of halogens is 1. The van der Waals surface area contributed by atoms with E-state index >= 15 is 0 Å². The van der Waals surface area contributed by atoms with Gasteiger partial charge in [0.15, 0.2) is 0 Å². The molecule has 2 rings (SSSR count). The van der Waals surface area contributed by atoms with Gasteiger partial charge in [0.05, 0.1) is 5.56 Å². The molecule has 1 N–H and O–H groups in total. The highest BCUT2D eigenvalue weighted by Crippen LogP contribution is 2.38. The van der Waals surface area contributed by atoms with E-state index in [1.54, 1.807) is 18.5 Å². The standard InChI is InChI=1S/C15H21BrN2O/c1-10-4-13(7-15(2,3)6-10)18-14(19)11-5-12(16)9-17-8-11/h5,8-10,13H,4,6-7H2,1-3H3,(H,18,19)/t10-,13-/m1/s1. The molecule has 104 valence electrons. The van der Waals surface area contributed by atoms with Crippen LogP contribution in [0.4, 0.5) is 0 Å². The summed E-state index contributed by atoms with van der Waals surface area (Å²) in [6.07, 6.45) is 6.64. The van der Waals surface area contributed by atoms with Crippen LogP contribution in [0, 0.1) is 11.3 Å². The van der Waals surface area contributed by atoms with Crippen LogP contribution in [0.1, 0.15) is 50.4 Å². The second kappa shape index (κ2) is 5.61. The molecule has 1 aliphatic rings. The Morgan fingerprint density at radius 1 is 1.42 bits per heavy atom. The van der Waals surface area contributed by atoms with E-state index in [1.165, 1.54) is 6.42 Å². The zero-order valence-electron chi connectivity index (χ0n) is 11.7. The van der Waals surface area contributed by atoms with Crippen molar-refractivity contribution in [2.75, 3.05) is 0 Å². The molecule has 19 heavy (non-hydrogen) atoms. The number of nitrogens with one attached hydrogen (secondary N) is 1. The van der Waals surface area contributed by atoms with Gasteiger partial charge in [-0.3, -0.25) is 9.78 Å². The fourth-order valence-corrected chi connectivity index (χ4v) is 3.63. The maximum absolute atomic E-state index is 12.2. The SMILES string of the molecule is C[C@@H]1C[C@@H](NC(=O)c2cncc(Br)c2)CC(C)(C)C1. The second-order valence-electron chi connectivity index (χ2n) is 6.48. The van der Waals surface area contributed by atoms with E-state index in [-0.39, 0.29) is 11.9 Å². The third-order valence-electron chi connectivity index (χ3n) is 3.69. The fraction of sp³-hybridized carbons (Fsp3) is 0.600. The van der Waals surface area contributed by atoms with Crippen molar-refractivity contribution < 1.29 is 4.79 Å². The molecule has 1 fully saturated rings. The molecule has 1 aromatic heterocycles. The van der Waals surface area contributed by atoms with Gasteiger partial charge in [0.1, 0.15) is 0 Å². The number of hydrogen-bond donors (Lipinski definition) is 1. The van der Waals surface area contributed by atoms with Crippen LogP contribution < -0.4 is 5.32 Å². The number of rotatable bonds is 2. The van der Waals surface area contributed by atoms with E-state index in [2.05, 4.69) is 47.0 Å². The lowest BCUT2D eigenvalue weighted by Crippen LogP contribution is -2.43. The molecule has 1 saturated carbocycles. The lowest BCUT2D eigenvalue weighted by molar-refractivity contribution is 0.0874. The van der Waals surface area contributed by atoms with Crippen molar-refractivity contribution in [3.8, 4) is 0 Å². The van der Waals surface area contributed by atoms with E-state index in [4.69, 9.17) is 0 Å². The van der Waals surface area contributed by atoms with Crippen molar-refractivity contribution in [2.24, 2.45) is 11.3 Å². The number of aromatic nitrogens is 1. The predicted molar refractivity (Wildman–Crippen MR) is 80.0 cm³/mol. The Kier molecular flexibility index (Phi) is 4.29. The first-order valence-electron chi connectivity index (χ1n) is 6.77. The van der Waals surface area contributed by atoms with Crippen LogP contribution in [0.25, 0.3) is 0 Å². The van der Waals surface area contributed by atoms with Crippen molar-refractivity contribution in [2.45, 2.75) is 46.1 Å². The summed E-state index contributed by atoms with van der Waals surface area (Å²) >= 11 is 3.34. The Morgan fingerprint density at radius 3 is 2.79 bits per heavy atom. The van der Waals surface area contributed by atoms with Gasteiger partial charge in [-0.1, -0.05) is 20.8 Å². The van der Waals surface area contributed by atoms with Gasteiger partial charge in [0, 0.05) is 22.9 Å². The lowest BCUT2D eigenvalue weighted by Gasteiger charge is -2.39. The molecule has 4 heteroatoms. The Bertz CT molecular complexity index is 473. The third kappa shape index (κ3) is 4.03. The fourth-order valence-electron chi connectivity index (χ4n) is 3.26. The Balaban J connectivity index is 2.03. The van der Waals surface area contributed by atoms with E-state index in [0.717, 1.165) is 17.3 Å². The minimum atomic E-state index is -0.0244. The van der Waals surface area contributed by atoms with Gasteiger partial charge in [-0.25, -0.2) is 0 Å². The zero-order valence-corrected chi connectivity index (χ0v) is 13.3. The number of carbonyl (C=O) groups is 1. The van der Waals surface area contributed by atoms with Crippen molar-refractivity contribution in [1.29, 1.82) is 0 Å². The van der Waals surface area contributed by atoms with Crippen molar-refractivity contribution in [1.82, 2.24) is 10.3 Å². The molecule has 1 aliphatic carbocycles. The van der Waals surface area contributed by atoms with Crippen molar-refractivity contribution >= 4 is 21.8 Å². The van der Waals surface area contributed by atoms with Gasteiger partial charge < -0.3 is 5.32 Å².